The molecule has 0 aliphatic heterocycles. The molecule has 0 bridgehead atoms. The van der Waals surface area contributed by atoms with Crippen molar-refractivity contribution in [1.29, 1.82) is 0 Å². The molecule has 0 aliphatic carbocycles. The molecule has 0 unspecified atom stereocenters. The summed E-state index contributed by atoms with van der Waals surface area (Å²) in [6, 6.07) is 6.20. The zero-order valence-electron chi connectivity index (χ0n) is 7.78. The van der Waals surface area contributed by atoms with Gasteiger partial charge in [0.25, 0.3) is 0 Å². The van der Waals surface area contributed by atoms with Gasteiger partial charge in [-0.25, -0.2) is 4.79 Å². The molecule has 2 rings (SSSR count). The molecule has 0 spiro atoms. The van der Waals surface area contributed by atoms with Crippen molar-refractivity contribution in [2.45, 2.75) is 0 Å². The third-order valence-corrected chi connectivity index (χ3v) is 2.68. The van der Waals surface area contributed by atoms with Crippen LogP contribution in [0.3, 0.4) is 0 Å². The van der Waals surface area contributed by atoms with Crippen LogP contribution < -0.4 is 0 Å². The average molecular weight is 258 g/mol. The minimum absolute atomic E-state index is 0.221. The number of nitrogens with zero attached hydrogens (tertiary/aromatic N) is 1. The molecule has 16 heavy (non-hydrogen) atoms. The quantitative estimate of drug-likeness (QED) is 0.897. The zero-order valence-corrected chi connectivity index (χ0v) is 9.29. The molecule has 0 saturated heterocycles. The summed E-state index contributed by atoms with van der Waals surface area (Å²) < 4.78 is 4.62. The summed E-state index contributed by atoms with van der Waals surface area (Å²) in [5, 5.41) is 13.1. The van der Waals surface area contributed by atoms with Crippen molar-refractivity contribution in [2.75, 3.05) is 0 Å². The number of rotatable bonds is 2. The van der Waals surface area contributed by atoms with Crippen LogP contribution in [-0.4, -0.2) is 16.2 Å². The Labute approximate surface area is 100 Å². The van der Waals surface area contributed by atoms with Gasteiger partial charge in [-0.2, -0.15) is 0 Å². The summed E-state index contributed by atoms with van der Waals surface area (Å²) in [6.45, 7) is 0. The summed E-state index contributed by atoms with van der Waals surface area (Å²) in [4.78, 5) is 10.6. The van der Waals surface area contributed by atoms with E-state index in [9.17, 15) is 4.79 Å². The predicted molar refractivity (Wildman–Crippen MR) is 58.9 cm³/mol. The molecule has 0 aliphatic rings. The van der Waals surface area contributed by atoms with Crippen LogP contribution in [0, 0.1) is 0 Å². The lowest BCUT2D eigenvalue weighted by Crippen LogP contribution is -1.91. The van der Waals surface area contributed by atoms with Crippen LogP contribution in [0.15, 0.2) is 28.8 Å². The number of carboxylic acids is 1. The fourth-order valence-corrected chi connectivity index (χ4v) is 1.47. The minimum atomic E-state index is -1.17. The summed E-state index contributed by atoms with van der Waals surface area (Å²) in [5.74, 6) is -1.39. The lowest BCUT2D eigenvalue weighted by Gasteiger charge is -1.97. The Morgan fingerprint density at radius 3 is 2.56 bits per heavy atom. The summed E-state index contributed by atoms with van der Waals surface area (Å²) in [5.41, 5.74) is 1.04. The number of halogens is 2. The topological polar surface area (TPSA) is 63.3 Å². The van der Waals surface area contributed by atoms with Gasteiger partial charge in [0.1, 0.15) is 5.69 Å². The third kappa shape index (κ3) is 2.03. The van der Waals surface area contributed by atoms with E-state index in [0.29, 0.717) is 21.3 Å². The van der Waals surface area contributed by atoms with Crippen LogP contribution in [0.4, 0.5) is 0 Å². The van der Waals surface area contributed by atoms with Crippen LogP contribution in [0.2, 0.25) is 10.0 Å². The first-order valence-electron chi connectivity index (χ1n) is 4.23. The van der Waals surface area contributed by atoms with Gasteiger partial charge in [-0.1, -0.05) is 34.4 Å². The van der Waals surface area contributed by atoms with E-state index in [0.717, 1.165) is 0 Å². The van der Waals surface area contributed by atoms with Crippen molar-refractivity contribution >= 4 is 29.2 Å². The van der Waals surface area contributed by atoms with Crippen molar-refractivity contribution in [3.05, 3.63) is 40.1 Å². The lowest BCUT2D eigenvalue weighted by molar-refractivity contribution is 0.0652. The van der Waals surface area contributed by atoms with E-state index in [-0.39, 0.29) is 5.76 Å². The molecular weight excluding hydrogens is 253 g/mol. The first kappa shape index (κ1) is 11.0. The molecule has 4 nitrogen and oxygen atoms in total. The van der Waals surface area contributed by atoms with Gasteiger partial charge in [-0.3, -0.25) is 0 Å². The predicted octanol–water partition coefficient (Wildman–Crippen LogP) is 3.35. The second-order valence-corrected chi connectivity index (χ2v) is 3.82. The van der Waals surface area contributed by atoms with E-state index >= 15 is 0 Å². The molecule has 1 aromatic carbocycles. The smallest absolute Gasteiger partial charge is 0.374 e. The van der Waals surface area contributed by atoms with E-state index in [2.05, 4.69) is 9.68 Å². The van der Waals surface area contributed by atoms with Gasteiger partial charge >= 0.3 is 5.97 Å². The number of aromatic carboxylic acids is 1. The second-order valence-electron chi connectivity index (χ2n) is 3.01. The normalized spacial score (nSPS) is 10.4. The van der Waals surface area contributed by atoms with E-state index in [4.69, 9.17) is 28.3 Å². The number of hydrogen-bond acceptors (Lipinski definition) is 3. The fourth-order valence-electron chi connectivity index (χ4n) is 1.17. The molecular formula is C10H5Cl2NO3. The highest BCUT2D eigenvalue weighted by Crippen LogP contribution is 2.28. The number of aromatic nitrogens is 1. The second kappa shape index (κ2) is 4.15. The molecule has 0 radical (unpaired) electrons. The molecule has 0 saturated carbocycles. The van der Waals surface area contributed by atoms with Gasteiger partial charge in [0, 0.05) is 11.6 Å². The Kier molecular flexibility index (Phi) is 2.85. The highest BCUT2D eigenvalue weighted by Gasteiger charge is 2.12. The van der Waals surface area contributed by atoms with Gasteiger partial charge in [0.05, 0.1) is 10.0 Å². The Morgan fingerprint density at radius 1 is 1.25 bits per heavy atom. The molecule has 82 valence electrons. The van der Waals surface area contributed by atoms with Crippen molar-refractivity contribution in [3.8, 4) is 11.3 Å². The first-order valence-corrected chi connectivity index (χ1v) is 4.99. The van der Waals surface area contributed by atoms with Gasteiger partial charge in [-0.05, 0) is 12.1 Å². The van der Waals surface area contributed by atoms with Gasteiger partial charge in [0.15, 0.2) is 0 Å². The van der Waals surface area contributed by atoms with E-state index in [1.54, 1.807) is 18.2 Å². The Morgan fingerprint density at radius 2 is 2.00 bits per heavy atom. The highest BCUT2D eigenvalue weighted by atomic mass is 35.5. The Bertz CT molecular complexity index is 551. The van der Waals surface area contributed by atoms with Crippen molar-refractivity contribution in [2.24, 2.45) is 0 Å². The van der Waals surface area contributed by atoms with Gasteiger partial charge < -0.3 is 9.63 Å². The molecule has 1 heterocycles. The highest BCUT2D eigenvalue weighted by molar-refractivity contribution is 6.42. The largest absolute Gasteiger partial charge is 0.475 e. The van der Waals surface area contributed by atoms with E-state index in [1.807, 2.05) is 0 Å². The number of benzene rings is 1. The number of carboxylic acid groups (broad SMARTS) is 1. The van der Waals surface area contributed by atoms with Gasteiger partial charge in [-0.15, -0.1) is 0 Å². The van der Waals surface area contributed by atoms with Crippen LogP contribution in [-0.2, 0) is 0 Å². The zero-order chi connectivity index (χ0) is 11.7. The van der Waals surface area contributed by atoms with E-state index < -0.39 is 5.97 Å². The number of carbonyl (C=O) groups is 1. The van der Waals surface area contributed by atoms with Crippen LogP contribution >= 0.6 is 23.2 Å². The average Bonchev–Trinajstić information content (AvgIpc) is 2.71. The van der Waals surface area contributed by atoms with Crippen molar-refractivity contribution < 1.29 is 14.4 Å². The Hall–Kier alpha value is -1.52. The van der Waals surface area contributed by atoms with Crippen LogP contribution in [0.5, 0.6) is 0 Å². The minimum Gasteiger partial charge on any atom is -0.475 e. The maximum absolute atomic E-state index is 10.6. The first-order chi connectivity index (χ1) is 7.58. The molecule has 6 heteroatoms. The van der Waals surface area contributed by atoms with Crippen LogP contribution in [0.1, 0.15) is 10.6 Å². The summed E-state index contributed by atoms with van der Waals surface area (Å²) in [7, 11) is 0. The van der Waals surface area contributed by atoms with Crippen molar-refractivity contribution in [1.82, 2.24) is 5.16 Å². The van der Waals surface area contributed by atoms with Crippen LogP contribution in [0.25, 0.3) is 11.3 Å². The van der Waals surface area contributed by atoms with E-state index in [1.165, 1.54) is 6.07 Å². The molecule has 0 atom stereocenters. The monoisotopic (exact) mass is 257 g/mol. The maximum Gasteiger partial charge on any atom is 0.374 e. The summed E-state index contributed by atoms with van der Waals surface area (Å²) >= 11 is 11.6. The Balaban J connectivity index is 2.42. The van der Waals surface area contributed by atoms with Gasteiger partial charge in [0.2, 0.25) is 5.76 Å². The molecule has 2 aromatic rings. The number of hydrogen-bond donors (Lipinski definition) is 1. The third-order valence-electron chi connectivity index (χ3n) is 1.94. The van der Waals surface area contributed by atoms with Crippen molar-refractivity contribution in [3.63, 3.8) is 0 Å². The standard InChI is InChI=1S/C10H5Cl2NO3/c11-6-2-1-5(3-7(6)12)8-4-9(10(14)15)16-13-8/h1-4H,(H,14,15). The molecule has 0 amide bonds. The maximum atomic E-state index is 10.6. The lowest BCUT2D eigenvalue weighted by atomic mass is 10.1. The molecule has 1 aromatic heterocycles. The fraction of sp³-hybridized carbons (Fsp3) is 0. The SMILES string of the molecule is O=C(O)c1cc(-c2ccc(Cl)c(Cl)c2)no1. The molecule has 1 N–H and O–H groups in total. The summed E-state index contributed by atoms with van der Waals surface area (Å²) in [6.07, 6.45) is 0. The molecule has 0 fully saturated rings.